The van der Waals surface area contributed by atoms with Gasteiger partial charge >= 0.3 is 6.03 Å². The number of carbonyl (C=O) groups excluding carboxylic acids is 1. The van der Waals surface area contributed by atoms with E-state index in [0.29, 0.717) is 12.6 Å². The summed E-state index contributed by atoms with van der Waals surface area (Å²) in [6.45, 7) is 7.50. The van der Waals surface area contributed by atoms with Crippen LogP contribution in [0.25, 0.3) is 0 Å². The lowest BCUT2D eigenvalue weighted by atomic mass is 10.00. The van der Waals surface area contributed by atoms with Crippen LogP contribution in [-0.4, -0.2) is 45.4 Å². The third-order valence-corrected chi connectivity index (χ3v) is 3.82. The van der Waals surface area contributed by atoms with Crippen LogP contribution in [0.1, 0.15) is 19.5 Å². The Balaban J connectivity index is 1.95. The summed E-state index contributed by atoms with van der Waals surface area (Å²) in [6.07, 6.45) is 1.83. The maximum Gasteiger partial charge on any atom is 0.315 e. The molecule has 0 aromatic carbocycles. The van der Waals surface area contributed by atoms with Gasteiger partial charge in [0, 0.05) is 31.9 Å². The summed E-state index contributed by atoms with van der Waals surface area (Å²) in [6, 6.07) is 2.42. The Kier molecular flexibility index (Phi) is 2.55. The molecule has 0 aliphatic carbocycles. The molecule has 1 saturated heterocycles. The van der Waals surface area contributed by atoms with Crippen LogP contribution < -0.4 is 10.6 Å². The van der Waals surface area contributed by atoms with Gasteiger partial charge in [0.05, 0.1) is 17.8 Å². The number of urea groups is 1. The zero-order chi connectivity index (χ0) is 12.8. The van der Waals surface area contributed by atoms with Crippen LogP contribution in [0, 0.1) is 0 Å². The summed E-state index contributed by atoms with van der Waals surface area (Å²) in [5.41, 5.74) is 0.972. The van der Waals surface area contributed by atoms with E-state index in [0.717, 1.165) is 19.6 Å². The largest absolute Gasteiger partial charge is 0.336 e. The third-order valence-electron chi connectivity index (χ3n) is 3.82. The van der Waals surface area contributed by atoms with Gasteiger partial charge in [-0.3, -0.25) is 9.58 Å². The Hall–Kier alpha value is -1.56. The predicted molar refractivity (Wildman–Crippen MR) is 67.0 cm³/mol. The molecule has 6 nitrogen and oxygen atoms in total. The van der Waals surface area contributed by atoms with E-state index < -0.39 is 0 Å². The molecule has 2 aliphatic rings. The van der Waals surface area contributed by atoms with Crippen LogP contribution in [0.3, 0.4) is 0 Å². The zero-order valence-electron chi connectivity index (χ0n) is 10.8. The van der Waals surface area contributed by atoms with Crippen molar-refractivity contribution in [2.75, 3.05) is 13.1 Å². The standard InChI is InChI=1S/C12H19N5O/c1-9(2)16-5-10-3-4-14-17(10)8-12(7-16)6-13-11(18)15-12/h3-4,9H,5-8H2,1-2H3,(H2,13,15,18). The summed E-state index contributed by atoms with van der Waals surface area (Å²) in [5, 5.41) is 10.3. The summed E-state index contributed by atoms with van der Waals surface area (Å²) in [4.78, 5) is 13.9. The van der Waals surface area contributed by atoms with Gasteiger partial charge in [-0.1, -0.05) is 0 Å². The van der Waals surface area contributed by atoms with Gasteiger partial charge in [0.15, 0.2) is 0 Å². The van der Waals surface area contributed by atoms with Crippen molar-refractivity contribution >= 4 is 6.03 Å². The number of carbonyl (C=O) groups is 1. The van der Waals surface area contributed by atoms with E-state index in [9.17, 15) is 4.79 Å². The van der Waals surface area contributed by atoms with Crippen LogP contribution in [0.2, 0.25) is 0 Å². The Morgan fingerprint density at radius 1 is 1.44 bits per heavy atom. The van der Waals surface area contributed by atoms with Crippen molar-refractivity contribution in [1.82, 2.24) is 25.3 Å². The number of fused-ring (bicyclic) bond motifs is 1. The van der Waals surface area contributed by atoms with Gasteiger partial charge in [-0.15, -0.1) is 0 Å². The fourth-order valence-electron chi connectivity index (χ4n) is 2.76. The van der Waals surface area contributed by atoms with Crippen molar-refractivity contribution in [3.63, 3.8) is 0 Å². The number of nitrogens with one attached hydrogen (secondary N) is 2. The minimum Gasteiger partial charge on any atom is -0.336 e. The van der Waals surface area contributed by atoms with E-state index >= 15 is 0 Å². The van der Waals surface area contributed by atoms with Crippen LogP contribution in [-0.2, 0) is 13.1 Å². The summed E-state index contributed by atoms with van der Waals surface area (Å²) in [5.74, 6) is 0. The zero-order valence-corrected chi connectivity index (χ0v) is 10.8. The number of amides is 2. The second-order valence-electron chi connectivity index (χ2n) is 5.57. The maximum absolute atomic E-state index is 11.5. The average molecular weight is 249 g/mol. The first-order valence-electron chi connectivity index (χ1n) is 6.39. The maximum atomic E-state index is 11.5. The second kappa shape index (κ2) is 3.98. The van der Waals surface area contributed by atoms with Crippen LogP contribution in [0.4, 0.5) is 4.79 Å². The molecule has 1 aromatic heterocycles. The molecule has 3 heterocycles. The van der Waals surface area contributed by atoms with Crippen LogP contribution >= 0.6 is 0 Å². The molecule has 6 heteroatoms. The van der Waals surface area contributed by atoms with Crippen molar-refractivity contribution in [2.24, 2.45) is 0 Å². The van der Waals surface area contributed by atoms with Crippen molar-refractivity contribution < 1.29 is 4.79 Å². The van der Waals surface area contributed by atoms with Gasteiger partial charge in [0.25, 0.3) is 0 Å². The van der Waals surface area contributed by atoms with Crippen molar-refractivity contribution in [2.45, 2.75) is 38.5 Å². The van der Waals surface area contributed by atoms with Gasteiger partial charge in [-0.05, 0) is 19.9 Å². The highest BCUT2D eigenvalue weighted by Crippen LogP contribution is 2.22. The van der Waals surface area contributed by atoms with Crippen molar-refractivity contribution in [1.29, 1.82) is 0 Å². The molecule has 2 amide bonds. The fraction of sp³-hybridized carbons (Fsp3) is 0.667. The molecular weight excluding hydrogens is 230 g/mol. The van der Waals surface area contributed by atoms with Crippen molar-refractivity contribution in [3.8, 4) is 0 Å². The number of nitrogens with zero attached hydrogens (tertiary/aromatic N) is 3. The molecule has 0 saturated carbocycles. The van der Waals surface area contributed by atoms with E-state index in [1.165, 1.54) is 5.69 Å². The molecule has 0 bridgehead atoms. The SMILES string of the molecule is CC(C)N1Cc2ccnn2CC2(CNC(=O)N2)C1. The van der Waals surface area contributed by atoms with Crippen LogP contribution in [0.5, 0.6) is 0 Å². The molecule has 18 heavy (non-hydrogen) atoms. The van der Waals surface area contributed by atoms with Crippen molar-refractivity contribution in [3.05, 3.63) is 18.0 Å². The van der Waals surface area contributed by atoms with E-state index in [1.54, 1.807) is 0 Å². The minimum absolute atomic E-state index is 0.0747. The molecular formula is C12H19N5O. The molecule has 98 valence electrons. The molecule has 0 radical (unpaired) electrons. The number of aromatic nitrogens is 2. The van der Waals surface area contributed by atoms with Gasteiger partial charge in [-0.25, -0.2) is 4.79 Å². The fourth-order valence-corrected chi connectivity index (χ4v) is 2.76. The molecule has 1 aromatic rings. The quantitative estimate of drug-likeness (QED) is 0.745. The van der Waals surface area contributed by atoms with Gasteiger partial charge in [-0.2, -0.15) is 5.10 Å². The third kappa shape index (κ3) is 1.86. The Labute approximate surface area is 106 Å². The average Bonchev–Trinajstić information content (AvgIpc) is 2.83. The lowest BCUT2D eigenvalue weighted by molar-refractivity contribution is 0.161. The lowest BCUT2D eigenvalue weighted by Gasteiger charge is -2.33. The molecule has 1 spiro atoms. The Morgan fingerprint density at radius 2 is 2.28 bits per heavy atom. The normalized spacial score (nSPS) is 28.1. The minimum atomic E-state index is -0.237. The first-order valence-corrected chi connectivity index (χ1v) is 6.39. The number of hydrogen-bond donors (Lipinski definition) is 2. The first kappa shape index (κ1) is 11.5. The highest BCUT2D eigenvalue weighted by molar-refractivity contribution is 5.77. The lowest BCUT2D eigenvalue weighted by Crippen LogP contribution is -2.54. The Bertz CT molecular complexity index is 469. The molecule has 1 atom stereocenters. The molecule has 1 fully saturated rings. The van der Waals surface area contributed by atoms with E-state index in [1.807, 2.05) is 10.9 Å². The van der Waals surface area contributed by atoms with Gasteiger partial charge in [0.1, 0.15) is 0 Å². The second-order valence-corrected chi connectivity index (χ2v) is 5.57. The molecule has 2 N–H and O–H groups in total. The highest BCUT2D eigenvalue weighted by atomic mass is 16.2. The number of hydrogen-bond acceptors (Lipinski definition) is 3. The summed E-state index contributed by atoms with van der Waals surface area (Å²) < 4.78 is 2.01. The van der Waals surface area contributed by atoms with Gasteiger partial charge in [0.2, 0.25) is 0 Å². The molecule has 2 aliphatic heterocycles. The summed E-state index contributed by atoms with van der Waals surface area (Å²) >= 11 is 0. The van der Waals surface area contributed by atoms with E-state index in [4.69, 9.17) is 0 Å². The smallest absolute Gasteiger partial charge is 0.315 e. The summed E-state index contributed by atoms with van der Waals surface area (Å²) in [7, 11) is 0. The monoisotopic (exact) mass is 249 g/mol. The van der Waals surface area contributed by atoms with Crippen LogP contribution in [0.15, 0.2) is 12.3 Å². The predicted octanol–water partition coefficient (Wildman–Crippen LogP) is 0.159. The first-order chi connectivity index (χ1) is 8.58. The van der Waals surface area contributed by atoms with E-state index in [2.05, 4.69) is 40.5 Å². The number of rotatable bonds is 1. The highest BCUT2D eigenvalue weighted by Gasteiger charge is 2.42. The molecule has 3 rings (SSSR count). The topological polar surface area (TPSA) is 62.2 Å². The Morgan fingerprint density at radius 3 is 2.94 bits per heavy atom. The molecule has 1 unspecified atom stereocenters. The van der Waals surface area contributed by atoms with Gasteiger partial charge < -0.3 is 10.6 Å². The van der Waals surface area contributed by atoms with E-state index in [-0.39, 0.29) is 11.6 Å².